The lowest BCUT2D eigenvalue weighted by Gasteiger charge is -2.12. The summed E-state index contributed by atoms with van der Waals surface area (Å²) >= 11 is 0. The Morgan fingerprint density at radius 3 is 2.29 bits per heavy atom. The van der Waals surface area contributed by atoms with Gasteiger partial charge >= 0.3 is 0 Å². The van der Waals surface area contributed by atoms with Crippen LogP contribution in [0.2, 0.25) is 0 Å². The second-order valence-electron chi connectivity index (χ2n) is 2.58. The summed E-state index contributed by atoms with van der Waals surface area (Å²) in [7, 11) is 0. The van der Waals surface area contributed by atoms with Crippen LogP contribution in [0.5, 0.6) is 11.5 Å². The van der Waals surface area contributed by atoms with Gasteiger partial charge in [0.25, 0.3) is 6.43 Å². The molecule has 1 aromatic carbocycles. The third kappa shape index (κ3) is 2.46. The van der Waals surface area contributed by atoms with E-state index in [-0.39, 0.29) is 18.0 Å². The Bertz CT molecular complexity index is 309. The summed E-state index contributed by atoms with van der Waals surface area (Å²) in [4.78, 5) is 0. The van der Waals surface area contributed by atoms with Crippen LogP contribution in [0.4, 0.5) is 8.78 Å². The first kappa shape index (κ1) is 12.9. The zero-order valence-electron chi connectivity index (χ0n) is 7.02. The van der Waals surface area contributed by atoms with E-state index in [1.807, 2.05) is 0 Å². The molecule has 3 nitrogen and oxygen atoms in total. The fourth-order valence-electron chi connectivity index (χ4n) is 0.953. The van der Waals surface area contributed by atoms with Gasteiger partial charge in [0, 0.05) is 5.56 Å². The van der Waals surface area contributed by atoms with Crippen LogP contribution in [0, 0.1) is 0 Å². The van der Waals surface area contributed by atoms with Crippen molar-refractivity contribution in [3.63, 3.8) is 0 Å². The molecule has 0 radical (unpaired) electrons. The van der Waals surface area contributed by atoms with Gasteiger partial charge in [-0.3, -0.25) is 0 Å². The lowest BCUT2D eigenvalue weighted by Crippen LogP contribution is -2.18. The SMILES string of the molecule is Cl.N[C@H](c1cccc(O)c1O)C(F)F. The summed E-state index contributed by atoms with van der Waals surface area (Å²) < 4.78 is 24.2. The predicted octanol–water partition coefficient (Wildman–Crippen LogP) is 1.78. The summed E-state index contributed by atoms with van der Waals surface area (Å²) in [5.74, 6) is -1.04. The van der Waals surface area contributed by atoms with E-state index in [0.717, 1.165) is 0 Å². The predicted molar refractivity (Wildman–Crippen MR) is 50.0 cm³/mol. The van der Waals surface area contributed by atoms with E-state index in [0.29, 0.717) is 0 Å². The van der Waals surface area contributed by atoms with Gasteiger partial charge < -0.3 is 15.9 Å². The lowest BCUT2D eigenvalue weighted by molar-refractivity contribution is 0.115. The highest BCUT2D eigenvalue weighted by Crippen LogP contribution is 2.33. The number of aromatic hydroxyl groups is 2. The molecule has 0 aliphatic carbocycles. The van der Waals surface area contributed by atoms with Gasteiger partial charge in [0.2, 0.25) is 0 Å². The maximum atomic E-state index is 12.1. The Labute approximate surface area is 85.6 Å². The number of halogens is 3. The minimum absolute atomic E-state index is 0. The molecule has 0 saturated carbocycles. The summed E-state index contributed by atoms with van der Waals surface area (Å²) in [6, 6.07) is 2.20. The van der Waals surface area contributed by atoms with Crippen molar-refractivity contribution in [3.8, 4) is 11.5 Å². The number of alkyl halides is 2. The molecule has 4 N–H and O–H groups in total. The molecule has 14 heavy (non-hydrogen) atoms. The third-order valence-electron chi connectivity index (χ3n) is 1.68. The van der Waals surface area contributed by atoms with Crippen molar-refractivity contribution >= 4 is 12.4 Å². The Morgan fingerprint density at radius 1 is 1.21 bits per heavy atom. The summed E-state index contributed by atoms with van der Waals surface area (Å²) in [6.45, 7) is 0. The monoisotopic (exact) mass is 225 g/mol. The van der Waals surface area contributed by atoms with Crippen LogP contribution in [0.1, 0.15) is 11.6 Å². The van der Waals surface area contributed by atoms with Crippen LogP contribution in [0.15, 0.2) is 18.2 Å². The number of benzene rings is 1. The fraction of sp³-hybridized carbons (Fsp3) is 0.250. The maximum absolute atomic E-state index is 12.1. The second kappa shape index (κ2) is 4.97. The Kier molecular flexibility index (Phi) is 4.59. The number of phenols is 2. The van der Waals surface area contributed by atoms with E-state index < -0.39 is 24.0 Å². The van der Waals surface area contributed by atoms with Crippen LogP contribution < -0.4 is 5.73 Å². The average molecular weight is 226 g/mol. The first-order valence-corrected chi connectivity index (χ1v) is 3.58. The van der Waals surface area contributed by atoms with Gasteiger partial charge in [-0.1, -0.05) is 12.1 Å². The van der Waals surface area contributed by atoms with E-state index in [1.54, 1.807) is 0 Å². The molecule has 1 atom stereocenters. The maximum Gasteiger partial charge on any atom is 0.257 e. The third-order valence-corrected chi connectivity index (χ3v) is 1.68. The van der Waals surface area contributed by atoms with Crippen molar-refractivity contribution in [2.24, 2.45) is 5.73 Å². The minimum atomic E-state index is -2.77. The van der Waals surface area contributed by atoms with Crippen LogP contribution in [-0.4, -0.2) is 16.6 Å². The van der Waals surface area contributed by atoms with Crippen LogP contribution in [-0.2, 0) is 0 Å². The second-order valence-corrected chi connectivity index (χ2v) is 2.58. The van der Waals surface area contributed by atoms with Crippen LogP contribution >= 0.6 is 12.4 Å². The lowest BCUT2D eigenvalue weighted by atomic mass is 10.1. The smallest absolute Gasteiger partial charge is 0.257 e. The van der Waals surface area contributed by atoms with E-state index in [1.165, 1.54) is 18.2 Å². The molecule has 1 rings (SSSR count). The van der Waals surface area contributed by atoms with Crippen molar-refractivity contribution in [3.05, 3.63) is 23.8 Å². The molecule has 0 unspecified atom stereocenters. The van der Waals surface area contributed by atoms with Gasteiger partial charge in [-0.05, 0) is 6.07 Å². The first-order chi connectivity index (χ1) is 6.04. The Hall–Kier alpha value is -1.07. The fourth-order valence-corrected chi connectivity index (χ4v) is 0.953. The van der Waals surface area contributed by atoms with Crippen LogP contribution in [0.25, 0.3) is 0 Å². The molecule has 0 aromatic heterocycles. The van der Waals surface area contributed by atoms with Gasteiger partial charge in [-0.15, -0.1) is 12.4 Å². The molecular weight excluding hydrogens is 216 g/mol. The number of hydrogen-bond acceptors (Lipinski definition) is 3. The van der Waals surface area contributed by atoms with Crippen molar-refractivity contribution in [1.29, 1.82) is 0 Å². The number of nitrogens with two attached hydrogens (primary N) is 1. The Morgan fingerprint density at radius 2 is 1.79 bits per heavy atom. The van der Waals surface area contributed by atoms with E-state index in [2.05, 4.69) is 0 Å². The minimum Gasteiger partial charge on any atom is -0.504 e. The molecule has 80 valence electrons. The molecule has 0 aliphatic rings. The van der Waals surface area contributed by atoms with Crippen molar-refractivity contribution in [2.45, 2.75) is 12.5 Å². The molecule has 1 aromatic rings. The zero-order valence-corrected chi connectivity index (χ0v) is 7.84. The van der Waals surface area contributed by atoms with Gasteiger partial charge in [-0.2, -0.15) is 0 Å². The quantitative estimate of drug-likeness (QED) is 0.673. The van der Waals surface area contributed by atoms with Crippen molar-refractivity contribution < 1.29 is 19.0 Å². The number of hydrogen-bond donors (Lipinski definition) is 3. The summed E-state index contributed by atoms with van der Waals surface area (Å²) in [6.07, 6.45) is -2.77. The van der Waals surface area contributed by atoms with Crippen molar-refractivity contribution in [2.75, 3.05) is 0 Å². The molecular formula is C8H10ClF2NO2. The number of phenolic OH excluding ortho intramolecular Hbond substituents is 2. The summed E-state index contributed by atoms with van der Waals surface area (Å²) in [5, 5.41) is 18.1. The molecule has 6 heteroatoms. The largest absolute Gasteiger partial charge is 0.504 e. The van der Waals surface area contributed by atoms with Crippen molar-refractivity contribution in [1.82, 2.24) is 0 Å². The standard InChI is InChI=1S/C8H9F2NO2.ClH/c9-8(10)6(11)4-2-1-3-5(12)7(4)13;/h1-3,6,8,12-13H,11H2;1H/t6-;/m1./s1. The van der Waals surface area contributed by atoms with Gasteiger partial charge in [0.15, 0.2) is 11.5 Å². The van der Waals surface area contributed by atoms with Gasteiger partial charge in [0.05, 0.1) is 6.04 Å². The van der Waals surface area contributed by atoms with E-state index in [9.17, 15) is 8.78 Å². The molecule has 0 heterocycles. The number of para-hydroxylation sites is 1. The molecule has 0 spiro atoms. The molecule has 0 bridgehead atoms. The highest BCUT2D eigenvalue weighted by molar-refractivity contribution is 5.85. The highest BCUT2D eigenvalue weighted by Gasteiger charge is 2.21. The summed E-state index contributed by atoms with van der Waals surface area (Å²) in [5.41, 5.74) is 4.93. The molecule has 0 saturated heterocycles. The van der Waals surface area contributed by atoms with Gasteiger partial charge in [0.1, 0.15) is 0 Å². The number of rotatable bonds is 2. The normalized spacial score (nSPS) is 12.3. The average Bonchev–Trinajstić information content (AvgIpc) is 2.08. The topological polar surface area (TPSA) is 66.5 Å². The first-order valence-electron chi connectivity index (χ1n) is 3.58. The molecule has 0 fully saturated rings. The molecule has 0 aliphatic heterocycles. The van der Waals surface area contributed by atoms with E-state index >= 15 is 0 Å². The molecule has 0 amide bonds. The van der Waals surface area contributed by atoms with Gasteiger partial charge in [-0.25, -0.2) is 8.78 Å². The van der Waals surface area contributed by atoms with E-state index in [4.69, 9.17) is 15.9 Å². The zero-order chi connectivity index (χ0) is 10.0. The Balaban J connectivity index is 0.00000169. The highest BCUT2D eigenvalue weighted by atomic mass is 35.5. The van der Waals surface area contributed by atoms with Crippen LogP contribution in [0.3, 0.4) is 0 Å².